The number of amides is 1. The maximum absolute atomic E-state index is 12.7. The summed E-state index contributed by atoms with van der Waals surface area (Å²) < 4.78 is 5.43. The Hall–Kier alpha value is -3.34. The zero-order valence-corrected chi connectivity index (χ0v) is 13.9. The number of benzene rings is 2. The van der Waals surface area contributed by atoms with Crippen LogP contribution in [0.2, 0.25) is 0 Å². The van der Waals surface area contributed by atoms with Crippen LogP contribution in [0.25, 0.3) is 0 Å². The number of nitrogens with zero attached hydrogens (tertiary/aromatic N) is 1. The molecule has 0 aliphatic carbocycles. The van der Waals surface area contributed by atoms with Gasteiger partial charge in [0.15, 0.2) is 0 Å². The van der Waals surface area contributed by atoms with Gasteiger partial charge in [-0.25, -0.2) is 4.98 Å². The van der Waals surface area contributed by atoms with Crippen LogP contribution in [0.4, 0.5) is 17.1 Å². The van der Waals surface area contributed by atoms with Crippen LogP contribution >= 0.6 is 0 Å². The molecule has 0 saturated carbocycles. The fraction of sp³-hybridized carbons (Fsp3) is 0.100. The SMILES string of the molecule is CCOc1ncccc1C(=O)Nc1ccccc1Nc1ccccc1. The predicted octanol–water partition coefficient (Wildman–Crippen LogP) is 4.48. The number of anilines is 3. The Morgan fingerprint density at radius 2 is 1.68 bits per heavy atom. The topological polar surface area (TPSA) is 63.2 Å². The number of carbonyl (C=O) groups is 1. The molecule has 5 nitrogen and oxygen atoms in total. The van der Waals surface area contributed by atoms with Crippen molar-refractivity contribution in [1.82, 2.24) is 4.98 Å². The summed E-state index contributed by atoms with van der Waals surface area (Å²) in [7, 11) is 0. The van der Waals surface area contributed by atoms with Crippen LogP contribution < -0.4 is 15.4 Å². The van der Waals surface area contributed by atoms with Gasteiger partial charge in [0.1, 0.15) is 5.56 Å². The van der Waals surface area contributed by atoms with Gasteiger partial charge in [-0.3, -0.25) is 4.79 Å². The number of hydrogen-bond acceptors (Lipinski definition) is 4. The third kappa shape index (κ3) is 4.14. The summed E-state index contributed by atoms with van der Waals surface area (Å²) in [6, 6.07) is 20.7. The second kappa shape index (κ2) is 7.97. The molecule has 0 spiro atoms. The molecule has 0 aliphatic heterocycles. The summed E-state index contributed by atoms with van der Waals surface area (Å²) >= 11 is 0. The van der Waals surface area contributed by atoms with Crippen molar-refractivity contribution < 1.29 is 9.53 Å². The summed E-state index contributed by atoms with van der Waals surface area (Å²) in [6.07, 6.45) is 1.60. The number of carbonyl (C=O) groups excluding carboxylic acids is 1. The summed E-state index contributed by atoms with van der Waals surface area (Å²) in [5, 5.41) is 6.23. The molecule has 0 aliphatic rings. The van der Waals surface area contributed by atoms with Gasteiger partial charge in [0.05, 0.1) is 18.0 Å². The van der Waals surface area contributed by atoms with Gasteiger partial charge in [0.2, 0.25) is 5.88 Å². The average Bonchev–Trinajstić information content (AvgIpc) is 2.65. The largest absolute Gasteiger partial charge is 0.477 e. The molecule has 25 heavy (non-hydrogen) atoms. The van der Waals surface area contributed by atoms with Crippen LogP contribution in [0.1, 0.15) is 17.3 Å². The highest BCUT2D eigenvalue weighted by atomic mass is 16.5. The monoisotopic (exact) mass is 333 g/mol. The summed E-state index contributed by atoms with van der Waals surface area (Å²) in [4.78, 5) is 16.8. The van der Waals surface area contributed by atoms with Crippen LogP contribution in [0.5, 0.6) is 5.88 Å². The van der Waals surface area contributed by atoms with Gasteiger partial charge in [0.25, 0.3) is 5.91 Å². The zero-order chi connectivity index (χ0) is 17.5. The molecule has 0 radical (unpaired) electrons. The van der Waals surface area contributed by atoms with Crippen molar-refractivity contribution in [2.24, 2.45) is 0 Å². The normalized spacial score (nSPS) is 10.1. The first-order valence-electron chi connectivity index (χ1n) is 8.08. The van der Waals surface area contributed by atoms with Gasteiger partial charge < -0.3 is 15.4 Å². The van der Waals surface area contributed by atoms with E-state index in [0.717, 1.165) is 11.4 Å². The Morgan fingerprint density at radius 3 is 2.44 bits per heavy atom. The molecule has 0 fully saturated rings. The van der Waals surface area contributed by atoms with Gasteiger partial charge in [-0.2, -0.15) is 0 Å². The lowest BCUT2D eigenvalue weighted by Gasteiger charge is -2.14. The van der Waals surface area contributed by atoms with E-state index in [9.17, 15) is 4.79 Å². The molecule has 0 saturated heterocycles. The molecule has 0 unspecified atom stereocenters. The highest BCUT2D eigenvalue weighted by Crippen LogP contribution is 2.26. The Balaban J connectivity index is 1.83. The second-order valence-corrected chi connectivity index (χ2v) is 5.28. The molecule has 126 valence electrons. The van der Waals surface area contributed by atoms with E-state index >= 15 is 0 Å². The summed E-state index contributed by atoms with van der Waals surface area (Å²) in [5.74, 6) is 0.0647. The molecule has 1 amide bonds. The molecule has 3 aromatic rings. The first-order chi connectivity index (χ1) is 12.3. The third-order valence-corrected chi connectivity index (χ3v) is 3.52. The highest BCUT2D eigenvalue weighted by Gasteiger charge is 2.15. The van der Waals surface area contributed by atoms with Crippen molar-refractivity contribution in [3.8, 4) is 5.88 Å². The van der Waals surface area contributed by atoms with Crippen LogP contribution in [0.15, 0.2) is 72.9 Å². The molecule has 1 heterocycles. The molecule has 0 atom stereocenters. The van der Waals surface area contributed by atoms with Crippen LogP contribution in [-0.2, 0) is 0 Å². The van der Waals surface area contributed by atoms with E-state index in [1.807, 2.05) is 61.5 Å². The van der Waals surface area contributed by atoms with Crippen LogP contribution in [0.3, 0.4) is 0 Å². The van der Waals surface area contributed by atoms with Crippen molar-refractivity contribution in [3.63, 3.8) is 0 Å². The third-order valence-electron chi connectivity index (χ3n) is 3.52. The fourth-order valence-electron chi connectivity index (χ4n) is 2.38. The summed E-state index contributed by atoms with van der Waals surface area (Å²) in [6.45, 7) is 2.30. The minimum atomic E-state index is -0.265. The van der Waals surface area contributed by atoms with Gasteiger partial charge in [0, 0.05) is 11.9 Å². The van der Waals surface area contributed by atoms with Gasteiger partial charge in [-0.05, 0) is 43.3 Å². The van der Waals surface area contributed by atoms with Crippen molar-refractivity contribution in [2.45, 2.75) is 6.92 Å². The van der Waals surface area contributed by atoms with Gasteiger partial charge >= 0.3 is 0 Å². The molecule has 2 aromatic carbocycles. The molecular formula is C20H19N3O2. The zero-order valence-electron chi connectivity index (χ0n) is 13.9. The Bertz CT molecular complexity index is 850. The number of rotatable bonds is 6. The van der Waals surface area contributed by atoms with Crippen LogP contribution in [0, 0.1) is 0 Å². The standard InChI is InChI=1S/C20H19N3O2/c1-2-25-20-16(11-8-14-21-20)19(24)23-18-13-7-6-12-17(18)22-15-9-4-3-5-10-15/h3-14,22H,2H2,1H3,(H,23,24). The number of para-hydroxylation sites is 3. The van der Waals surface area contributed by atoms with E-state index in [0.29, 0.717) is 23.7 Å². The lowest BCUT2D eigenvalue weighted by Crippen LogP contribution is -2.15. The first-order valence-corrected chi connectivity index (χ1v) is 8.08. The van der Waals surface area contributed by atoms with E-state index in [-0.39, 0.29) is 5.91 Å². The van der Waals surface area contributed by atoms with E-state index in [1.54, 1.807) is 18.3 Å². The molecule has 2 N–H and O–H groups in total. The van der Waals surface area contributed by atoms with Crippen molar-refractivity contribution in [1.29, 1.82) is 0 Å². The molecule has 3 rings (SSSR count). The van der Waals surface area contributed by atoms with Crippen molar-refractivity contribution >= 4 is 23.0 Å². The Kier molecular flexibility index (Phi) is 5.26. The van der Waals surface area contributed by atoms with Gasteiger partial charge in [-0.15, -0.1) is 0 Å². The average molecular weight is 333 g/mol. The maximum Gasteiger partial charge on any atom is 0.261 e. The predicted molar refractivity (Wildman–Crippen MR) is 99.5 cm³/mol. The fourth-order valence-corrected chi connectivity index (χ4v) is 2.38. The second-order valence-electron chi connectivity index (χ2n) is 5.28. The lowest BCUT2D eigenvalue weighted by molar-refractivity contribution is 0.102. The summed E-state index contributed by atoms with van der Waals surface area (Å²) in [5.41, 5.74) is 2.84. The maximum atomic E-state index is 12.7. The number of ether oxygens (including phenoxy) is 1. The molecule has 5 heteroatoms. The van der Waals surface area contributed by atoms with Crippen molar-refractivity contribution in [3.05, 3.63) is 78.5 Å². The van der Waals surface area contributed by atoms with E-state index in [2.05, 4.69) is 15.6 Å². The number of pyridine rings is 1. The minimum Gasteiger partial charge on any atom is -0.477 e. The Morgan fingerprint density at radius 1 is 0.960 bits per heavy atom. The lowest BCUT2D eigenvalue weighted by atomic mass is 10.2. The van der Waals surface area contributed by atoms with Crippen LogP contribution in [-0.4, -0.2) is 17.5 Å². The van der Waals surface area contributed by atoms with E-state index in [1.165, 1.54) is 0 Å². The first kappa shape index (κ1) is 16.5. The number of aromatic nitrogens is 1. The molecule has 0 bridgehead atoms. The number of nitrogens with one attached hydrogen (secondary N) is 2. The molecule has 1 aromatic heterocycles. The quantitative estimate of drug-likeness (QED) is 0.698. The van der Waals surface area contributed by atoms with E-state index < -0.39 is 0 Å². The molecular weight excluding hydrogens is 314 g/mol. The van der Waals surface area contributed by atoms with E-state index in [4.69, 9.17) is 4.74 Å². The smallest absolute Gasteiger partial charge is 0.261 e. The Labute approximate surface area is 146 Å². The van der Waals surface area contributed by atoms with Crippen molar-refractivity contribution in [2.75, 3.05) is 17.2 Å². The van der Waals surface area contributed by atoms with Gasteiger partial charge in [-0.1, -0.05) is 30.3 Å². The minimum absolute atomic E-state index is 0.265. The number of hydrogen-bond donors (Lipinski definition) is 2. The highest BCUT2D eigenvalue weighted by molar-refractivity contribution is 6.07.